The number of hydrazine groups is 1. The number of phenolic OH excluding ortho intramolecular Hbond substituents is 2. The number of phenols is 2. The summed E-state index contributed by atoms with van der Waals surface area (Å²) in [5.41, 5.74) is -1.75. The van der Waals surface area contributed by atoms with Crippen molar-refractivity contribution in [3.63, 3.8) is 0 Å². The molecule has 15 nitrogen and oxygen atoms in total. The van der Waals surface area contributed by atoms with Crippen LogP contribution in [0.2, 0.25) is 0 Å². The molecule has 0 spiro atoms. The number of nitrogens with two attached hydrogens (primary N) is 1. The summed E-state index contributed by atoms with van der Waals surface area (Å²) in [6.45, 7) is 0.220. The standard InChI is InChI=1S/C29H33N3O12/c1-11-24(36)14(32-18(35)9-31-30)6-19(43-11)44-16-8-29(41,17(34)10-33)7-13-21(16)28(40)23-22(26(13)38)25(37)12-4-3-5-15(42-2)20(12)27(23)39/h3-5,11,14,16,19,24,31,33,36,38,40-41H,6-10,30H2,1-2H3,(H,32,35)/t11?,14?,16-,19?,24?,29-/m0/s1. The Morgan fingerprint density at radius 2 is 1.84 bits per heavy atom. The summed E-state index contributed by atoms with van der Waals surface area (Å²) in [5, 5.41) is 57.2. The van der Waals surface area contributed by atoms with Gasteiger partial charge in [0.25, 0.3) is 0 Å². The maximum absolute atomic E-state index is 13.8. The Hall–Kier alpha value is -3.96. The third-order valence-corrected chi connectivity index (χ3v) is 8.37. The van der Waals surface area contributed by atoms with Gasteiger partial charge in [0, 0.05) is 36.0 Å². The van der Waals surface area contributed by atoms with Crippen molar-refractivity contribution in [2.45, 2.75) is 62.4 Å². The van der Waals surface area contributed by atoms with E-state index in [0.29, 0.717) is 0 Å². The van der Waals surface area contributed by atoms with Crippen molar-refractivity contribution < 1.29 is 58.9 Å². The highest BCUT2D eigenvalue weighted by Gasteiger charge is 2.50. The second-order valence-corrected chi connectivity index (χ2v) is 11.1. The second-order valence-electron chi connectivity index (χ2n) is 11.1. The summed E-state index contributed by atoms with van der Waals surface area (Å²) in [6, 6.07) is 3.43. The van der Waals surface area contributed by atoms with Crippen molar-refractivity contribution in [2.24, 2.45) is 5.84 Å². The molecule has 1 saturated heterocycles. The van der Waals surface area contributed by atoms with Crippen molar-refractivity contribution in [3.05, 3.63) is 51.6 Å². The Morgan fingerprint density at radius 3 is 2.50 bits per heavy atom. The number of aliphatic hydroxyl groups excluding tert-OH is 2. The highest BCUT2D eigenvalue weighted by molar-refractivity contribution is 6.31. The van der Waals surface area contributed by atoms with E-state index in [1.165, 1.54) is 32.2 Å². The predicted molar refractivity (Wildman–Crippen MR) is 148 cm³/mol. The lowest BCUT2D eigenvalue weighted by molar-refractivity contribution is -0.249. The van der Waals surface area contributed by atoms with E-state index in [9.17, 15) is 44.7 Å². The summed E-state index contributed by atoms with van der Waals surface area (Å²) in [6.07, 6.45) is -5.95. The average Bonchev–Trinajstić information content (AvgIpc) is 2.99. The third-order valence-electron chi connectivity index (χ3n) is 8.37. The van der Waals surface area contributed by atoms with Crippen molar-refractivity contribution in [1.29, 1.82) is 0 Å². The highest BCUT2D eigenvalue weighted by atomic mass is 16.7. The zero-order valence-electron chi connectivity index (χ0n) is 23.8. The topological polar surface area (TPSA) is 247 Å². The van der Waals surface area contributed by atoms with E-state index in [4.69, 9.17) is 20.1 Å². The van der Waals surface area contributed by atoms with Gasteiger partial charge in [-0.3, -0.25) is 30.4 Å². The van der Waals surface area contributed by atoms with Gasteiger partial charge in [-0.15, -0.1) is 0 Å². The third kappa shape index (κ3) is 5.11. The lowest BCUT2D eigenvalue weighted by Gasteiger charge is -2.43. The number of benzene rings is 2. The fraction of sp³-hybridized carbons (Fsp3) is 0.448. The van der Waals surface area contributed by atoms with Crippen LogP contribution in [0.1, 0.15) is 68.8 Å². The first-order valence-electron chi connectivity index (χ1n) is 13.8. The van der Waals surface area contributed by atoms with Crippen LogP contribution in [-0.2, 0) is 25.5 Å². The number of carbonyl (C=O) groups is 4. The molecule has 9 N–H and O–H groups in total. The van der Waals surface area contributed by atoms with E-state index in [2.05, 4.69) is 10.7 Å². The molecule has 6 atom stereocenters. The minimum atomic E-state index is -2.31. The van der Waals surface area contributed by atoms with E-state index in [-0.39, 0.29) is 41.0 Å². The molecule has 2 aromatic carbocycles. The van der Waals surface area contributed by atoms with Gasteiger partial charge in [-0.2, -0.15) is 0 Å². The van der Waals surface area contributed by atoms with Crippen LogP contribution in [-0.4, -0.2) is 99.2 Å². The molecule has 5 rings (SSSR count). The number of rotatable bonds is 8. The Balaban J connectivity index is 1.61. The number of Topliss-reactive ketones (excluding diaryl/α,β-unsaturated/α-hetero) is 1. The Bertz CT molecular complexity index is 1540. The number of hydrogen-bond donors (Lipinski definition) is 8. The fourth-order valence-electron chi connectivity index (χ4n) is 6.21. The normalized spacial score (nSPS) is 27.6. The smallest absolute Gasteiger partial charge is 0.235 e. The molecule has 1 amide bonds. The number of nitrogens with one attached hydrogen (secondary N) is 2. The predicted octanol–water partition coefficient (Wildman–Crippen LogP) is -1.38. The number of ketones is 3. The van der Waals surface area contributed by atoms with Gasteiger partial charge in [0.05, 0.1) is 48.6 Å². The largest absolute Gasteiger partial charge is 0.507 e. The zero-order chi connectivity index (χ0) is 32.1. The molecule has 236 valence electrons. The lowest BCUT2D eigenvalue weighted by atomic mass is 9.72. The van der Waals surface area contributed by atoms with Gasteiger partial charge in [0.1, 0.15) is 35.6 Å². The van der Waals surface area contributed by atoms with E-state index >= 15 is 0 Å². The summed E-state index contributed by atoms with van der Waals surface area (Å²) in [4.78, 5) is 52.3. The minimum absolute atomic E-state index is 0.0694. The van der Waals surface area contributed by atoms with Crippen LogP contribution in [0.4, 0.5) is 0 Å². The summed E-state index contributed by atoms with van der Waals surface area (Å²) >= 11 is 0. The molecule has 15 heteroatoms. The molecule has 4 unspecified atom stereocenters. The van der Waals surface area contributed by atoms with E-state index in [1.807, 2.05) is 0 Å². The summed E-state index contributed by atoms with van der Waals surface area (Å²) in [5.74, 6) is 0.664. The molecule has 0 saturated carbocycles. The zero-order valence-corrected chi connectivity index (χ0v) is 23.8. The molecule has 2 aromatic rings. The number of hydrogen-bond acceptors (Lipinski definition) is 14. The molecule has 1 heterocycles. The lowest BCUT2D eigenvalue weighted by Crippen LogP contribution is -2.57. The van der Waals surface area contributed by atoms with Crippen LogP contribution in [0.15, 0.2) is 18.2 Å². The molecule has 1 fully saturated rings. The van der Waals surface area contributed by atoms with Crippen LogP contribution < -0.4 is 21.3 Å². The quantitative estimate of drug-likeness (QED) is 0.0827. The van der Waals surface area contributed by atoms with E-state index in [0.717, 1.165) is 0 Å². The van der Waals surface area contributed by atoms with Crippen LogP contribution in [0.25, 0.3) is 0 Å². The van der Waals surface area contributed by atoms with Gasteiger partial charge in [-0.05, 0) is 13.0 Å². The Kier molecular flexibility index (Phi) is 8.48. The maximum Gasteiger partial charge on any atom is 0.235 e. The molecule has 2 aliphatic carbocycles. The number of fused-ring (bicyclic) bond motifs is 3. The van der Waals surface area contributed by atoms with Gasteiger partial charge in [-0.25, -0.2) is 0 Å². The number of methoxy groups -OCH3 is 1. The number of aromatic hydroxyl groups is 2. The molecule has 1 aliphatic heterocycles. The van der Waals surface area contributed by atoms with Crippen molar-refractivity contribution in [3.8, 4) is 17.2 Å². The van der Waals surface area contributed by atoms with Gasteiger partial charge < -0.3 is 45.1 Å². The number of carbonyl (C=O) groups excluding carboxylic acids is 4. The average molecular weight is 616 g/mol. The first-order valence-corrected chi connectivity index (χ1v) is 13.8. The first kappa shape index (κ1) is 31.5. The highest BCUT2D eigenvalue weighted by Crippen LogP contribution is 2.52. The van der Waals surface area contributed by atoms with Crippen molar-refractivity contribution >= 4 is 23.3 Å². The Labute approximate surface area is 250 Å². The molecular weight excluding hydrogens is 582 g/mol. The number of amides is 1. The SMILES string of the molecule is COc1cccc2c1C(=O)c1c(O)c3c(c(O)c1C2=O)C[C@@](O)(C(=O)CO)C[C@@H]3OC1CC(NC(=O)CNN)C(O)C(C)O1. The van der Waals surface area contributed by atoms with Gasteiger partial charge in [0.15, 0.2) is 17.9 Å². The van der Waals surface area contributed by atoms with Crippen LogP contribution in [0, 0.1) is 0 Å². The van der Waals surface area contributed by atoms with Gasteiger partial charge in [0.2, 0.25) is 11.7 Å². The van der Waals surface area contributed by atoms with Gasteiger partial charge >= 0.3 is 0 Å². The fourth-order valence-corrected chi connectivity index (χ4v) is 6.21. The summed E-state index contributed by atoms with van der Waals surface area (Å²) in [7, 11) is 1.31. The molecule has 3 aliphatic rings. The Morgan fingerprint density at radius 1 is 1.14 bits per heavy atom. The molecule has 0 radical (unpaired) electrons. The van der Waals surface area contributed by atoms with Gasteiger partial charge in [-0.1, -0.05) is 12.1 Å². The van der Waals surface area contributed by atoms with Crippen molar-refractivity contribution in [2.75, 3.05) is 20.3 Å². The van der Waals surface area contributed by atoms with Crippen molar-refractivity contribution in [1.82, 2.24) is 10.7 Å². The van der Waals surface area contributed by atoms with Crippen LogP contribution in [0.5, 0.6) is 17.2 Å². The van der Waals surface area contributed by atoms with Crippen LogP contribution in [0.3, 0.4) is 0 Å². The van der Waals surface area contributed by atoms with E-state index in [1.54, 1.807) is 0 Å². The minimum Gasteiger partial charge on any atom is -0.507 e. The second kappa shape index (κ2) is 11.9. The molecule has 0 bridgehead atoms. The first-order chi connectivity index (χ1) is 20.9. The molecule has 44 heavy (non-hydrogen) atoms. The van der Waals surface area contributed by atoms with Crippen LogP contribution >= 0.6 is 0 Å². The summed E-state index contributed by atoms with van der Waals surface area (Å²) < 4.78 is 17.2. The van der Waals surface area contributed by atoms with E-state index < -0.39 is 102 Å². The molecule has 0 aromatic heterocycles. The maximum atomic E-state index is 13.8. The number of aliphatic hydroxyl groups is 3. The number of ether oxygens (including phenoxy) is 3. The molecular formula is C29H33N3O12. The monoisotopic (exact) mass is 615 g/mol.